The first-order valence-corrected chi connectivity index (χ1v) is 7.52. The second kappa shape index (κ2) is 6.62. The van der Waals surface area contributed by atoms with Crippen molar-refractivity contribution in [3.8, 4) is 0 Å². The van der Waals surface area contributed by atoms with Crippen LogP contribution in [-0.2, 0) is 0 Å². The molecule has 1 aromatic carbocycles. The molecule has 5 heteroatoms. The minimum atomic E-state index is 0.00373. The van der Waals surface area contributed by atoms with Crippen molar-refractivity contribution >= 4 is 35.0 Å². The van der Waals surface area contributed by atoms with Gasteiger partial charge in [0.25, 0.3) is 0 Å². The third-order valence-corrected chi connectivity index (χ3v) is 4.41. The van der Waals surface area contributed by atoms with E-state index in [2.05, 4.69) is 4.98 Å². The Labute approximate surface area is 127 Å². The van der Waals surface area contributed by atoms with Crippen LogP contribution in [0.5, 0.6) is 0 Å². The van der Waals surface area contributed by atoms with Crippen molar-refractivity contribution in [1.82, 2.24) is 4.98 Å². The van der Waals surface area contributed by atoms with Crippen LogP contribution in [0.4, 0.5) is 0 Å². The maximum absolute atomic E-state index is 5.99. The Morgan fingerprint density at radius 1 is 1.16 bits per heavy atom. The minimum Gasteiger partial charge on any atom is -0.323 e. The van der Waals surface area contributed by atoms with Crippen molar-refractivity contribution in [2.24, 2.45) is 5.73 Å². The van der Waals surface area contributed by atoms with Crippen LogP contribution in [0.25, 0.3) is 0 Å². The zero-order valence-electron chi connectivity index (χ0n) is 10.4. The van der Waals surface area contributed by atoms with Gasteiger partial charge in [0.1, 0.15) is 0 Å². The first-order chi connectivity index (χ1) is 9.10. The van der Waals surface area contributed by atoms with Gasteiger partial charge in [0.2, 0.25) is 0 Å². The fourth-order valence-corrected chi connectivity index (χ4v) is 2.75. The summed E-state index contributed by atoms with van der Waals surface area (Å²) in [5.74, 6) is 0. The van der Waals surface area contributed by atoms with E-state index in [1.165, 1.54) is 0 Å². The first kappa shape index (κ1) is 14.7. The quantitative estimate of drug-likeness (QED) is 0.868. The second-order valence-electron chi connectivity index (χ2n) is 4.11. The molecule has 0 bridgehead atoms. The van der Waals surface area contributed by atoms with Crippen molar-refractivity contribution in [2.45, 2.75) is 29.2 Å². The molecule has 0 saturated heterocycles. The van der Waals surface area contributed by atoms with Crippen LogP contribution in [0.2, 0.25) is 10.0 Å². The molecule has 1 atom stereocenters. The molecule has 1 heterocycles. The van der Waals surface area contributed by atoms with Gasteiger partial charge in [-0.3, -0.25) is 4.98 Å². The number of nitrogens with zero attached hydrogens (tertiary/aromatic N) is 1. The fraction of sp³-hybridized carbons (Fsp3) is 0.214. The van der Waals surface area contributed by atoms with Crippen molar-refractivity contribution < 1.29 is 0 Å². The smallest absolute Gasteiger partial charge is 0.0603 e. The number of rotatable bonds is 4. The van der Waals surface area contributed by atoms with Gasteiger partial charge in [-0.1, -0.05) is 41.9 Å². The van der Waals surface area contributed by atoms with E-state index in [4.69, 9.17) is 28.9 Å². The largest absolute Gasteiger partial charge is 0.323 e. The molecule has 0 aliphatic heterocycles. The van der Waals surface area contributed by atoms with Crippen molar-refractivity contribution in [3.63, 3.8) is 0 Å². The maximum atomic E-state index is 5.99. The fourth-order valence-electron chi connectivity index (χ4n) is 1.56. The molecule has 0 aliphatic carbocycles. The number of benzene rings is 1. The highest BCUT2D eigenvalue weighted by molar-refractivity contribution is 7.99. The molecule has 0 amide bonds. The lowest BCUT2D eigenvalue weighted by Gasteiger charge is -2.08. The Hall–Kier alpha value is -0.740. The number of nitrogens with two attached hydrogens (primary N) is 1. The maximum Gasteiger partial charge on any atom is 0.0603 e. The van der Waals surface area contributed by atoms with Crippen LogP contribution in [0, 0.1) is 0 Å². The van der Waals surface area contributed by atoms with E-state index in [9.17, 15) is 0 Å². The highest BCUT2D eigenvalue weighted by Crippen LogP contribution is 2.32. The van der Waals surface area contributed by atoms with Crippen LogP contribution in [0.3, 0.4) is 0 Å². The van der Waals surface area contributed by atoms with E-state index < -0.39 is 0 Å². The van der Waals surface area contributed by atoms with E-state index in [-0.39, 0.29) is 6.04 Å². The number of aromatic nitrogens is 1. The summed E-state index contributed by atoms with van der Waals surface area (Å²) in [4.78, 5) is 6.46. The predicted octanol–water partition coefficient (Wildman–Crippen LogP) is 4.95. The van der Waals surface area contributed by atoms with E-state index in [0.29, 0.717) is 10.0 Å². The van der Waals surface area contributed by atoms with Crippen molar-refractivity contribution in [3.05, 3.63) is 52.3 Å². The molecule has 2 nitrogen and oxygen atoms in total. The summed E-state index contributed by atoms with van der Waals surface area (Å²) in [5.41, 5.74) is 6.85. The molecule has 19 heavy (non-hydrogen) atoms. The monoisotopic (exact) mass is 312 g/mol. The Morgan fingerprint density at radius 2 is 1.89 bits per heavy atom. The van der Waals surface area contributed by atoms with Crippen LogP contribution >= 0.6 is 35.0 Å². The van der Waals surface area contributed by atoms with Crippen LogP contribution in [-0.4, -0.2) is 4.98 Å². The van der Waals surface area contributed by atoms with Crippen LogP contribution < -0.4 is 5.73 Å². The molecule has 2 N–H and O–H groups in total. The molecule has 0 radical (unpaired) electrons. The van der Waals surface area contributed by atoms with Gasteiger partial charge < -0.3 is 5.73 Å². The highest BCUT2D eigenvalue weighted by Gasteiger charge is 2.06. The van der Waals surface area contributed by atoms with Gasteiger partial charge in [0.15, 0.2) is 0 Å². The van der Waals surface area contributed by atoms with E-state index >= 15 is 0 Å². The average molecular weight is 313 g/mol. The lowest BCUT2D eigenvalue weighted by Crippen LogP contribution is -2.10. The Morgan fingerprint density at radius 3 is 2.47 bits per heavy atom. The normalized spacial score (nSPS) is 12.4. The molecule has 1 aromatic heterocycles. The summed E-state index contributed by atoms with van der Waals surface area (Å²) < 4.78 is 0. The average Bonchev–Trinajstić information content (AvgIpc) is 2.43. The molecular formula is C14H14Cl2N2S. The zero-order valence-corrected chi connectivity index (χ0v) is 12.8. The number of halogens is 2. The molecule has 1 unspecified atom stereocenters. The highest BCUT2D eigenvalue weighted by atomic mass is 35.5. The van der Waals surface area contributed by atoms with E-state index in [1.54, 1.807) is 17.8 Å². The summed E-state index contributed by atoms with van der Waals surface area (Å²) >= 11 is 13.5. The Kier molecular flexibility index (Phi) is 5.11. The van der Waals surface area contributed by atoms with Gasteiger partial charge in [-0.15, -0.1) is 0 Å². The standard InChI is InChI=1S/C14H14Cl2N2S/c1-2-13(17)14-6-4-10(8-18-14)19-9-3-5-11(15)12(16)7-9/h3-8,13H,2,17H2,1H3. The summed E-state index contributed by atoms with van der Waals surface area (Å²) in [6.07, 6.45) is 2.71. The number of hydrogen-bond donors (Lipinski definition) is 1. The van der Waals surface area contributed by atoms with E-state index in [0.717, 1.165) is 21.9 Å². The third kappa shape index (κ3) is 3.86. The summed E-state index contributed by atoms with van der Waals surface area (Å²) in [6, 6.07) is 9.56. The van der Waals surface area contributed by atoms with E-state index in [1.807, 2.05) is 37.4 Å². The molecule has 0 fully saturated rings. The second-order valence-corrected chi connectivity index (χ2v) is 6.07. The molecule has 2 rings (SSSR count). The van der Waals surface area contributed by atoms with Gasteiger partial charge in [0.05, 0.1) is 15.7 Å². The molecule has 0 saturated carbocycles. The number of pyridine rings is 1. The van der Waals surface area contributed by atoms with Gasteiger partial charge in [-0.25, -0.2) is 0 Å². The van der Waals surface area contributed by atoms with Gasteiger partial charge in [-0.2, -0.15) is 0 Å². The molecule has 100 valence electrons. The van der Waals surface area contributed by atoms with Crippen LogP contribution in [0.15, 0.2) is 46.3 Å². The third-order valence-electron chi connectivity index (χ3n) is 2.71. The number of hydrogen-bond acceptors (Lipinski definition) is 3. The van der Waals surface area contributed by atoms with Crippen LogP contribution in [0.1, 0.15) is 25.1 Å². The SMILES string of the molecule is CCC(N)c1ccc(Sc2ccc(Cl)c(Cl)c2)cn1. The van der Waals surface area contributed by atoms with Crippen molar-refractivity contribution in [1.29, 1.82) is 0 Å². The first-order valence-electron chi connectivity index (χ1n) is 5.94. The summed E-state index contributed by atoms with van der Waals surface area (Å²) in [7, 11) is 0. The summed E-state index contributed by atoms with van der Waals surface area (Å²) in [6.45, 7) is 2.05. The minimum absolute atomic E-state index is 0.00373. The lowest BCUT2D eigenvalue weighted by atomic mass is 10.1. The van der Waals surface area contributed by atoms with Crippen molar-refractivity contribution in [2.75, 3.05) is 0 Å². The lowest BCUT2D eigenvalue weighted by molar-refractivity contribution is 0.674. The predicted molar refractivity (Wildman–Crippen MR) is 82.0 cm³/mol. The molecule has 2 aromatic rings. The molecular weight excluding hydrogens is 299 g/mol. The zero-order chi connectivity index (χ0) is 13.8. The van der Waals surface area contributed by atoms with Gasteiger partial charge >= 0.3 is 0 Å². The summed E-state index contributed by atoms with van der Waals surface area (Å²) in [5, 5.41) is 1.12. The topological polar surface area (TPSA) is 38.9 Å². The van der Waals surface area contributed by atoms with Gasteiger partial charge in [0, 0.05) is 22.0 Å². The molecule has 0 aliphatic rings. The Balaban J connectivity index is 2.12. The Bertz CT molecular complexity index is 558. The van der Waals surface area contributed by atoms with Gasteiger partial charge in [-0.05, 0) is 36.8 Å². The molecule has 0 spiro atoms.